The molecule has 0 saturated carbocycles. The average Bonchev–Trinajstić information content (AvgIpc) is 2.77. The van der Waals surface area contributed by atoms with E-state index in [1.54, 1.807) is 11.8 Å². The van der Waals surface area contributed by atoms with Crippen molar-refractivity contribution in [3.63, 3.8) is 0 Å². The maximum absolute atomic E-state index is 12.0. The number of nitrogens with two attached hydrogens (primary N) is 1. The summed E-state index contributed by atoms with van der Waals surface area (Å²) >= 11 is 3.11. The van der Waals surface area contributed by atoms with Crippen LogP contribution in [0.1, 0.15) is 20.3 Å². The SMILES string of the molecule is CCCSC(C)C(=O)Nc1nc2ccc(N)cc2s1. The van der Waals surface area contributed by atoms with Crippen LogP contribution in [-0.4, -0.2) is 21.9 Å². The van der Waals surface area contributed by atoms with Crippen LogP contribution in [0.25, 0.3) is 10.2 Å². The smallest absolute Gasteiger partial charge is 0.238 e. The van der Waals surface area contributed by atoms with E-state index in [2.05, 4.69) is 17.2 Å². The molecule has 19 heavy (non-hydrogen) atoms. The predicted octanol–water partition coefficient (Wildman–Crippen LogP) is 3.35. The van der Waals surface area contributed by atoms with Gasteiger partial charge in [-0.05, 0) is 37.3 Å². The molecule has 6 heteroatoms. The summed E-state index contributed by atoms with van der Waals surface area (Å²) in [5.41, 5.74) is 7.30. The Morgan fingerprint density at radius 1 is 1.58 bits per heavy atom. The lowest BCUT2D eigenvalue weighted by Crippen LogP contribution is -2.22. The molecular formula is C13H17N3OS2. The molecule has 0 fully saturated rings. The molecule has 102 valence electrons. The third kappa shape index (κ3) is 3.61. The first-order valence-corrected chi connectivity index (χ1v) is 8.05. The quantitative estimate of drug-likeness (QED) is 0.830. The van der Waals surface area contributed by atoms with Gasteiger partial charge in [0, 0.05) is 5.69 Å². The molecule has 2 aromatic rings. The molecule has 1 atom stereocenters. The van der Waals surface area contributed by atoms with Crippen molar-refractivity contribution < 1.29 is 4.79 Å². The zero-order valence-electron chi connectivity index (χ0n) is 11.0. The number of thiazole rings is 1. The Morgan fingerprint density at radius 2 is 2.37 bits per heavy atom. The maximum atomic E-state index is 12.0. The van der Waals surface area contributed by atoms with E-state index < -0.39 is 0 Å². The fraction of sp³-hybridized carbons (Fsp3) is 0.385. The molecule has 1 unspecified atom stereocenters. The summed E-state index contributed by atoms with van der Waals surface area (Å²) in [5.74, 6) is 0.996. The molecule has 1 aromatic carbocycles. The topological polar surface area (TPSA) is 68.0 Å². The summed E-state index contributed by atoms with van der Waals surface area (Å²) in [5, 5.41) is 3.44. The van der Waals surface area contributed by atoms with Gasteiger partial charge in [-0.3, -0.25) is 4.79 Å². The molecule has 4 nitrogen and oxygen atoms in total. The lowest BCUT2D eigenvalue weighted by molar-refractivity contribution is -0.115. The van der Waals surface area contributed by atoms with E-state index in [0.29, 0.717) is 10.8 Å². The van der Waals surface area contributed by atoms with E-state index in [0.717, 1.165) is 22.4 Å². The van der Waals surface area contributed by atoms with Gasteiger partial charge in [0.05, 0.1) is 15.5 Å². The van der Waals surface area contributed by atoms with Crippen LogP contribution < -0.4 is 11.1 Å². The molecule has 0 aliphatic heterocycles. The normalized spacial score (nSPS) is 12.5. The highest BCUT2D eigenvalue weighted by molar-refractivity contribution is 8.00. The van der Waals surface area contributed by atoms with E-state index in [1.165, 1.54) is 11.3 Å². The summed E-state index contributed by atoms with van der Waals surface area (Å²) in [6.45, 7) is 4.02. The standard InChI is InChI=1S/C13H17N3OS2/c1-3-6-18-8(2)12(17)16-13-15-10-5-4-9(14)7-11(10)19-13/h4-5,7-8H,3,6,14H2,1-2H3,(H,15,16,17). The van der Waals surface area contributed by atoms with Crippen LogP contribution in [-0.2, 0) is 4.79 Å². The number of hydrogen-bond acceptors (Lipinski definition) is 5. The minimum absolute atomic E-state index is 0.00507. The molecule has 1 heterocycles. The van der Waals surface area contributed by atoms with Crippen LogP contribution in [0.5, 0.6) is 0 Å². The second-order valence-corrected chi connectivity index (χ2v) is 6.73. The van der Waals surface area contributed by atoms with E-state index in [-0.39, 0.29) is 11.2 Å². The predicted molar refractivity (Wildman–Crippen MR) is 84.9 cm³/mol. The van der Waals surface area contributed by atoms with Gasteiger partial charge in [-0.2, -0.15) is 0 Å². The summed E-state index contributed by atoms with van der Waals surface area (Å²) < 4.78 is 0.990. The summed E-state index contributed by atoms with van der Waals surface area (Å²) in [7, 11) is 0. The van der Waals surface area contributed by atoms with Crippen LogP contribution in [0.15, 0.2) is 18.2 Å². The zero-order chi connectivity index (χ0) is 13.8. The van der Waals surface area contributed by atoms with E-state index >= 15 is 0 Å². The van der Waals surface area contributed by atoms with Crippen LogP contribution >= 0.6 is 23.1 Å². The fourth-order valence-electron chi connectivity index (χ4n) is 1.57. The Morgan fingerprint density at radius 3 is 3.11 bits per heavy atom. The molecule has 0 bridgehead atoms. The number of nitrogens with zero attached hydrogens (tertiary/aromatic N) is 1. The molecule has 0 spiro atoms. The number of benzene rings is 1. The summed E-state index contributed by atoms with van der Waals surface area (Å²) in [4.78, 5) is 16.4. The fourth-order valence-corrected chi connectivity index (χ4v) is 3.29. The summed E-state index contributed by atoms with van der Waals surface area (Å²) in [6.07, 6.45) is 1.07. The van der Waals surface area contributed by atoms with Crippen LogP contribution in [0.3, 0.4) is 0 Å². The number of carbonyl (C=O) groups is 1. The van der Waals surface area contributed by atoms with Gasteiger partial charge in [0.15, 0.2) is 5.13 Å². The molecule has 3 N–H and O–H groups in total. The summed E-state index contributed by atoms with van der Waals surface area (Å²) in [6, 6.07) is 5.55. The lowest BCUT2D eigenvalue weighted by atomic mass is 10.3. The van der Waals surface area contributed by atoms with Crippen molar-refractivity contribution in [1.29, 1.82) is 0 Å². The highest BCUT2D eigenvalue weighted by atomic mass is 32.2. The Hall–Kier alpha value is -1.27. The van der Waals surface area contributed by atoms with Gasteiger partial charge in [0.2, 0.25) is 5.91 Å². The second kappa shape index (κ2) is 6.25. The minimum atomic E-state index is -0.0583. The molecule has 1 amide bonds. The number of fused-ring (bicyclic) bond motifs is 1. The number of nitrogens with one attached hydrogen (secondary N) is 1. The van der Waals surface area contributed by atoms with Crippen molar-refractivity contribution in [2.75, 3.05) is 16.8 Å². The first kappa shape index (κ1) is 14.1. The van der Waals surface area contributed by atoms with Gasteiger partial charge < -0.3 is 11.1 Å². The van der Waals surface area contributed by atoms with Crippen molar-refractivity contribution >= 4 is 50.0 Å². The number of nitrogen functional groups attached to an aromatic ring is 1. The first-order valence-electron chi connectivity index (χ1n) is 6.18. The zero-order valence-corrected chi connectivity index (χ0v) is 12.6. The van der Waals surface area contributed by atoms with E-state index in [1.807, 2.05) is 25.1 Å². The van der Waals surface area contributed by atoms with Gasteiger partial charge >= 0.3 is 0 Å². The van der Waals surface area contributed by atoms with Gasteiger partial charge in [-0.1, -0.05) is 18.3 Å². The number of thioether (sulfide) groups is 1. The number of hydrogen-bond donors (Lipinski definition) is 2. The molecule has 1 aromatic heterocycles. The number of carbonyl (C=O) groups excluding carboxylic acids is 1. The van der Waals surface area contributed by atoms with Crippen LogP contribution in [0.4, 0.5) is 10.8 Å². The molecule has 0 radical (unpaired) electrons. The molecule has 0 aliphatic carbocycles. The van der Waals surface area contributed by atoms with Crippen molar-refractivity contribution in [1.82, 2.24) is 4.98 Å². The maximum Gasteiger partial charge on any atom is 0.238 e. The highest BCUT2D eigenvalue weighted by Gasteiger charge is 2.15. The van der Waals surface area contributed by atoms with E-state index in [9.17, 15) is 4.79 Å². The molecule has 0 saturated heterocycles. The Labute approximate surface area is 120 Å². The lowest BCUT2D eigenvalue weighted by Gasteiger charge is -2.09. The largest absolute Gasteiger partial charge is 0.399 e. The third-order valence-corrected chi connectivity index (χ3v) is 4.88. The molecule has 2 rings (SSSR count). The van der Waals surface area contributed by atoms with Crippen LogP contribution in [0.2, 0.25) is 0 Å². The van der Waals surface area contributed by atoms with Crippen LogP contribution in [0, 0.1) is 0 Å². The highest BCUT2D eigenvalue weighted by Crippen LogP contribution is 2.28. The van der Waals surface area contributed by atoms with Gasteiger partial charge in [0.1, 0.15) is 0 Å². The third-order valence-electron chi connectivity index (χ3n) is 2.58. The van der Waals surface area contributed by atoms with Crippen molar-refractivity contribution in [2.45, 2.75) is 25.5 Å². The average molecular weight is 295 g/mol. The number of anilines is 2. The number of rotatable bonds is 5. The van der Waals surface area contributed by atoms with Gasteiger partial charge in [0.25, 0.3) is 0 Å². The second-order valence-electron chi connectivity index (χ2n) is 4.25. The molecule has 0 aliphatic rings. The monoisotopic (exact) mass is 295 g/mol. The number of aromatic nitrogens is 1. The Bertz CT molecular complexity index is 582. The van der Waals surface area contributed by atoms with Gasteiger partial charge in [-0.25, -0.2) is 4.98 Å². The Balaban J connectivity index is 2.06. The Kier molecular flexibility index (Phi) is 4.66. The first-order chi connectivity index (χ1) is 9.10. The van der Waals surface area contributed by atoms with Crippen molar-refractivity contribution in [3.8, 4) is 0 Å². The van der Waals surface area contributed by atoms with E-state index in [4.69, 9.17) is 5.73 Å². The van der Waals surface area contributed by atoms with Gasteiger partial charge in [-0.15, -0.1) is 11.8 Å². The minimum Gasteiger partial charge on any atom is -0.399 e. The molecular weight excluding hydrogens is 278 g/mol. The van der Waals surface area contributed by atoms with Crippen molar-refractivity contribution in [2.24, 2.45) is 0 Å². The van der Waals surface area contributed by atoms with Crippen molar-refractivity contribution in [3.05, 3.63) is 18.2 Å². The number of amides is 1.